The topological polar surface area (TPSA) is 60.9 Å². The van der Waals surface area contributed by atoms with E-state index >= 15 is 0 Å². The minimum atomic E-state index is -0.410. The van der Waals surface area contributed by atoms with Gasteiger partial charge in [0.15, 0.2) is 0 Å². The van der Waals surface area contributed by atoms with E-state index in [2.05, 4.69) is 6.92 Å². The average molecular weight is 418 g/mol. The molecule has 0 radical (unpaired) electrons. The molecule has 3 rings (SSSR count). The summed E-state index contributed by atoms with van der Waals surface area (Å²) in [6, 6.07) is 8.73. The van der Waals surface area contributed by atoms with Gasteiger partial charge in [0.1, 0.15) is 6.04 Å². The van der Waals surface area contributed by atoms with Crippen LogP contribution in [0.1, 0.15) is 43.0 Å². The van der Waals surface area contributed by atoms with Gasteiger partial charge in [0.25, 0.3) is 5.91 Å². The number of carbonyl (C=O) groups excluding carboxylic acids is 3. The second-order valence-electron chi connectivity index (χ2n) is 7.87. The largest absolute Gasteiger partial charge is 0.346 e. The van der Waals surface area contributed by atoms with Crippen molar-refractivity contribution in [1.82, 2.24) is 14.7 Å². The van der Waals surface area contributed by atoms with Crippen LogP contribution >= 0.6 is 11.8 Å². The van der Waals surface area contributed by atoms with Crippen molar-refractivity contribution in [2.24, 2.45) is 5.92 Å². The standard InChI is InChI=1S/C22H31N3O3S/c1-3-4-12-23(2)20(26)18-10-13-24(14-11-18)22(28)19-15-29-16-25(19)21(27)17-8-6-5-7-9-17/h5-9,18-19H,3-4,10-16H2,1-2H3. The number of benzene rings is 1. The van der Waals surface area contributed by atoms with Crippen LogP contribution in [0.25, 0.3) is 0 Å². The molecule has 29 heavy (non-hydrogen) atoms. The highest BCUT2D eigenvalue weighted by Crippen LogP contribution is 2.27. The summed E-state index contributed by atoms with van der Waals surface area (Å²) in [6.07, 6.45) is 3.49. The van der Waals surface area contributed by atoms with Crippen LogP contribution in [0.2, 0.25) is 0 Å². The van der Waals surface area contributed by atoms with E-state index < -0.39 is 6.04 Å². The maximum absolute atomic E-state index is 13.1. The van der Waals surface area contributed by atoms with Gasteiger partial charge in [-0.25, -0.2) is 0 Å². The van der Waals surface area contributed by atoms with Crippen LogP contribution in [0.4, 0.5) is 0 Å². The summed E-state index contributed by atoms with van der Waals surface area (Å²) < 4.78 is 0. The van der Waals surface area contributed by atoms with Crippen molar-refractivity contribution in [3.63, 3.8) is 0 Å². The molecule has 158 valence electrons. The Bertz CT molecular complexity index is 719. The van der Waals surface area contributed by atoms with Gasteiger partial charge in [0, 0.05) is 43.9 Å². The fourth-order valence-electron chi connectivity index (χ4n) is 3.97. The zero-order valence-corrected chi connectivity index (χ0v) is 18.2. The van der Waals surface area contributed by atoms with Crippen molar-refractivity contribution in [3.8, 4) is 0 Å². The number of hydrogen-bond donors (Lipinski definition) is 0. The van der Waals surface area contributed by atoms with E-state index in [0.717, 1.165) is 19.4 Å². The van der Waals surface area contributed by atoms with Gasteiger partial charge in [-0.1, -0.05) is 31.5 Å². The summed E-state index contributed by atoms with van der Waals surface area (Å²) in [4.78, 5) is 43.9. The lowest BCUT2D eigenvalue weighted by molar-refractivity contribution is -0.141. The van der Waals surface area contributed by atoms with Crippen molar-refractivity contribution in [1.29, 1.82) is 0 Å². The van der Waals surface area contributed by atoms with Crippen LogP contribution in [-0.4, -0.2) is 76.8 Å². The monoisotopic (exact) mass is 417 g/mol. The van der Waals surface area contributed by atoms with Crippen LogP contribution < -0.4 is 0 Å². The number of nitrogens with zero attached hydrogens (tertiary/aromatic N) is 3. The first-order valence-corrected chi connectivity index (χ1v) is 11.7. The molecule has 0 bridgehead atoms. The Morgan fingerprint density at radius 2 is 1.83 bits per heavy atom. The Balaban J connectivity index is 1.56. The predicted octanol–water partition coefficient (Wildman–Crippen LogP) is 2.70. The predicted molar refractivity (Wildman–Crippen MR) is 116 cm³/mol. The number of carbonyl (C=O) groups is 3. The van der Waals surface area contributed by atoms with Crippen LogP contribution in [0.15, 0.2) is 30.3 Å². The molecule has 1 unspecified atom stereocenters. The molecule has 2 aliphatic rings. The summed E-state index contributed by atoms with van der Waals surface area (Å²) in [6.45, 7) is 4.09. The lowest BCUT2D eigenvalue weighted by Crippen LogP contribution is -2.52. The minimum Gasteiger partial charge on any atom is -0.346 e. The molecule has 0 aliphatic carbocycles. The third-order valence-corrected chi connectivity index (χ3v) is 6.84. The first-order chi connectivity index (χ1) is 14.0. The first-order valence-electron chi connectivity index (χ1n) is 10.5. The van der Waals surface area contributed by atoms with Crippen molar-refractivity contribution in [3.05, 3.63) is 35.9 Å². The summed E-state index contributed by atoms with van der Waals surface area (Å²) in [5, 5.41) is 0. The molecule has 3 amide bonds. The van der Waals surface area contributed by atoms with E-state index in [1.165, 1.54) is 0 Å². The lowest BCUT2D eigenvalue weighted by Gasteiger charge is -2.36. The Kier molecular flexibility index (Phi) is 7.58. The first kappa shape index (κ1) is 21.7. The van der Waals surface area contributed by atoms with Gasteiger partial charge in [-0.15, -0.1) is 11.8 Å². The van der Waals surface area contributed by atoms with Crippen molar-refractivity contribution in [2.75, 3.05) is 38.3 Å². The quantitative estimate of drug-likeness (QED) is 0.714. The molecule has 6 nitrogen and oxygen atoms in total. The van der Waals surface area contributed by atoms with Gasteiger partial charge < -0.3 is 14.7 Å². The third-order valence-electron chi connectivity index (χ3n) is 5.83. The van der Waals surface area contributed by atoms with E-state index in [-0.39, 0.29) is 23.6 Å². The minimum absolute atomic E-state index is 0.000845. The second kappa shape index (κ2) is 10.1. The zero-order chi connectivity index (χ0) is 20.8. The molecule has 2 heterocycles. The number of rotatable bonds is 6. The highest BCUT2D eigenvalue weighted by atomic mass is 32.2. The molecule has 0 N–H and O–H groups in total. The smallest absolute Gasteiger partial charge is 0.255 e. The van der Waals surface area contributed by atoms with Crippen LogP contribution in [0.5, 0.6) is 0 Å². The molecule has 7 heteroatoms. The van der Waals surface area contributed by atoms with E-state index in [9.17, 15) is 14.4 Å². The van der Waals surface area contributed by atoms with Gasteiger partial charge in [0.2, 0.25) is 11.8 Å². The maximum atomic E-state index is 13.1. The van der Waals surface area contributed by atoms with Crippen molar-refractivity contribution in [2.45, 2.75) is 38.6 Å². The van der Waals surface area contributed by atoms with Gasteiger partial charge in [-0.3, -0.25) is 14.4 Å². The van der Waals surface area contributed by atoms with E-state index in [1.807, 2.05) is 35.0 Å². The van der Waals surface area contributed by atoms with E-state index in [1.54, 1.807) is 28.8 Å². The highest BCUT2D eigenvalue weighted by Gasteiger charge is 2.39. The third kappa shape index (κ3) is 5.13. The molecule has 0 saturated carbocycles. The molecule has 0 aromatic heterocycles. The van der Waals surface area contributed by atoms with Gasteiger partial charge in [-0.05, 0) is 31.4 Å². The van der Waals surface area contributed by atoms with Gasteiger partial charge in [-0.2, -0.15) is 0 Å². The number of piperidine rings is 1. The second-order valence-corrected chi connectivity index (χ2v) is 8.87. The SMILES string of the molecule is CCCCN(C)C(=O)C1CCN(C(=O)C2CSCN2C(=O)c2ccccc2)CC1. The van der Waals surface area contributed by atoms with Crippen LogP contribution in [0, 0.1) is 5.92 Å². The van der Waals surface area contributed by atoms with Crippen LogP contribution in [0.3, 0.4) is 0 Å². The molecule has 1 aromatic rings. The van der Waals surface area contributed by atoms with E-state index in [4.69, 9.17) is 0 Å². The summed E-state index contributed by atoms with van der Waals surface area (Å²) >= 11 is 1.62. The molecule has 2 saturated heterocycles. The number of amides is 3. The lowest BCUT2D eigenvalue weighted by atomic mass is 9.94. The number of thioether (sulfide) groups is 1. The fourth-order valence-corrected chi connectivity index (χ4v) is 5.11. The van der Waals surface area contributed by atoms with Gasteiger partial charge >= 0.3 is 0 Å². The Hall–Kier alpha value is -2.02. The number of unbranched alkanes of at least 4 members (excludes halogenated alkanes) is 1. The molecule has 2 aliphatic heterocycles. The summed E-state index contributed by atoms with van der Waals surface area (Å²) in [7, 11) is 1.87. The molecule has 0 spiro atoms. The van der Waals surface area contributed by atoms with Gasteiger partial charge in [0.05, 0.1) is 5.88 Å². The summed E-state index contributed by atoms with van der Waals surface area (Å²) in [5.74, 6) is 1.31. The molecular formula is C22H31N3O3S. The van der Waals surface area contributed by atoms with E-state index in [0.29, 0.717) is 43.1 Å². The Morgan fingerprint density at radius 3 is 2.48 bits per heavy atom. The number of likely N-dealkylation sites (tertiary alicyclic amines) is 1. The number of hydrogen-bond acceptors (Lipinski definition) is 4. The molecule has 1 atom stereocenters. The molecule has 2 fully saturated rings. The Labute approximate surface area is 177 Å². The average Bonchev–Trinajstić information content (AvgIpc) is 3.26. The Morgan fingerprint density at radius 1 is 1.14 bits per heavy atom. The molecular weight excluding hydrogens is 386 g/mol. The zero-order valence-electron chi connectivity index (χ0n) is 17.4. The summed E-state index contributed by atoms with van der Waals surface area (Å²) in [5.41, 5.74) is 0.618. The molecule has 1 aromatic carbocycles. The fraction of sp³-hybridized carbons (Fsp3) is 0.591. The highest BCUT2D eigenvalue weighted by molar-refractivity contribution is 7.99. The normalized spacial score (nSPS) is 20.0. The maximum Gasteiger partial charge on any atom is 0.255 e. The van der Waals surface area contributed by atoms with Crippen molar-refractivity contribution < 1.29 is 14.4 Å². The van der Waals surface area contributed by atoms with Crippen molar-refractivity contribution >= 4 is 29.5 Å². The van der Waals surface area contributed by atoms with Crippen LogP contribution in [-0.2, 0) is 9.59 Å².